The summed E-state index contributed by atoms with van der Waals surface area (Å²) in [5, 5.41) is 13.7. The summed E-state index contributed by atoms with van der Waals surface area (Å²) >= 11 is 0. The molecule has 0 radical (unpaired) electrons. The van der Waals surface area contributed by atoms with Crippen molar-refractivity contribution in [2.75, 3.05) is 7.11 Å². The molecule has 2 unspecified atom stereocenters. The Kier molecular flexibility index (Phi) is 4.27. The van der Waals surface area contributed by atoms with E-state index in [9.17, 15) is 5.11 Å². The molecule has 2 atom stereocenters. The standard InChI is InChI=1S/C17H25NO2/c1-20-15-6-4-5-12(11-15)13-9-14(10-13)18-16-7-2-3-8-17(16)19/h4-6,11,13-14,16-19H,2-3,7-10H2,1H3. The van der Waals surface area contributed by atoms with Crippen LogP contribution in [0.4, 0.5) is 0 Å². The number of aliphatic hydroxyl groups excluding tert-OH is 1. The van der Waals surface area contributed by atoms with Crippen molar-refractivity contribution in [1.82, 2.24) is 5.32 Å². The summed E-state index contributed by atoms with van der Waals surface area (Å²) in [6.45, 7) is 0. The van der Waals surface area contributed by atoms with Crippen molar-refractivity contribution >= 4 is 0 Å². The van der Waals surface area contributed by atoms with Crippen molar-refractivity contribution in [3.63, 3.8) is 0 Å². The van der Waals surface area contributed by atoms with Crippen LogP contribution in [0.3, 0.4) is 0 Å². The molecule has 1 aromatic carbocycles. The van der Waals surface area contributed by atoms with Crippen LogP contribution in [-0.4, -0.2) is 30.4 Å². The minimum Gasteiger partial charge on any atom is -0.497 e. The van der Waals surface area contributed by atoms with Crippen LogP contribution in [0.25, 0.3) is 0 Å². The molecule has 110 valence electrons. The zero-order chi connectivity index (χ0) is 13.9. The summed E-state index contributed by atoms with van der Waals surface area (Å²) in [6.07, 6.45) is 6.73. The van der Waals surface area contributed by atoms with Gasteiger partial charge in [-0.15, -0.1) is 0 Å². The van der Waals surface area contributed by atoms with Gasteiger partial charge < -0.3 is 15.2 Å². The van der Waals surface area contributed by atoms with Crippen molar-refractivity contribution < 1.29 is 9.84 Å². The lowest BCUT2D eigenvalue weighted by Gasteiger charge is -2.41. The monoisotopic (exact) mass is 275 g/mol. The van der Waals surface area contributed by atoms with Gasteiger partial charge in [0.2, 0.25) is 0 Å². The van der Waals surface area contributed by atoms with E-state index in [1.54, 1.807) is 7.11 Å². The third kappa shape index (κ3) is 2.99. The predicted octanol–water partition coefficient (Wildman–Crippen LogP) is 2.83. The summed E-state index contributed by atoms with van der Waals surface area (Å²) in [6, 6.07) is 9.30. The Morgan fingerprint density at radius 2 is 2.00 bits per heavy atom. The zero-order valence-electron chi connectivity index (χ0n) is 12.2. The second kappa shape index (κ2) is 6.15. The molecule has 3 heteroatoms. The maximum Gasteiger partial charge on any atom is 0.119 e. The lowest BCUT2D eigenvalue weighted by atomic mass is 9.75. The van der Waals surface area contributed by atoms with E-state index in [1.807, 2.05) is 6.07 Å². The van der Waals surface area contributed by atoms with Crippen LogP contribution in [0.2, 0.25) is 0 Å². The smallest absolute Gasteiger partial charge is 0.119 e. The normalized spacial score (nSPS) is 33.5. The number of aliphatic hydroxyl groups is 1. The number of methoxy groups -OCH3 is 1. The molecule has 3 nitrogen and oxygen atoms in total. The fourth-order valence-corrected chi connectivity index (χ4v) is 3.53. The van der Waals surface area contributed by atoms with E-state index in [2.05, 4.69) is 23.5 Å². The van der Waals surface area contributed by atoms with Crippen LogP contribution >= 0.6 is 0 Å². The van der Waals surface area contributed by atoms with Crippen molar-refractivity contribution in [3.8, 4) is 5.75 Å². The molecular formula is C17H25NO2. The molecule has 2 aliphatic carbocycles. The average molecular weight is 275 g/mol. The number of hydrogen-bond acceptors (Lipinski definition) is 3. The summed E-state index contributed by atoms with van der Waals surface area (Å²) in [4.78, 5) is 0. The van der Waals surface area contributed by atoms with E-state index in [0.717, 1.165) is 18.6 Å². The number of hydrogen-bond donors (Lipinski definition) is 2. The molecule has 3 rings (SSSR count). The Morgan fingerprint density at radius 3 is 2.75 bits per heavy atom. The molecular weight excluding hydrogens is 250 g/mol. The van der Waals surface area contributed by atoms with Crippen molar-refractivity contribution in [2.24, 2.45) is 0 Å². The van der Waals surface area contributed by atoms with Gasteiger partial charge in [-0.25, -0.2) is 0 Å². The molecule has 0 heterocycles. The van der Waals surface area contributed by atoms with Gasteiger partial charge in [-0.05, 0) is 49.3 Å². The minimum absolute atomic E-state index is 0.139. The molecule has 2 fully saturated rings. The molecule has 2 N–H and O–H groups in total. The second-order valence-corrected chi connectivity index (χ2v) is 6.27. The Balaban J connectivity index is 1.50. The minimum atomic E-state index is -0.139. The van der Waals surface area contributed by atoms with Gasteiger partial charge >= 0.3 is 0 Å². The third-order valence-electron chi connectivity index (χ3n) is 4.88. The molecule has 0 bridgehead atoms. The largest absolute Gasteiger partial charge is 0.497 e. The molecule has 0 aliphatic heterocycles. The molecule has 2 aliphatic rings. The first-order valence-corrected chi connectivity index (χ1v) is 7.84. The molecule has 0 amide bonds. The predicted molar refractivity (Wildman–Crippen MR) is 80.2 cm³/mol. The van der Waals surface area contributed by atoms with Gasteiger partial charge in [-0.2, -0.15) is 0 Å². The molecule has 20 heavy (non-hydrogen) atoms. The maximum atomic E-state index is 10.0. The summed E-state index contributed by atoms with van der Waals surface area (Å²) in [5.74, 6) is 1.59. The molecule has 2 saturated carbocycles. The SMILES string of the molecule is COc1cccc(C2CC(NC3CCCCC3O)C2)c1. The van der Waals surface area contributed by atoms with Crippen molar-refractivity contribution in [3.05, 3.63) is 29.8 Å². The number of benzene rings is 1. The Bertz CT molecular complexity index is 442. The molecule has 0 aromatic heterocycles. The topological polar surface area (TPSA) is 41.5 Å². The fraction of sp³-hybridized carbons (Fsp3) is 0.647. The van der Waals surface area contributed by atoms with Crippen LogP contribution in [-0.2, 0) is 0 Å². The van der Waals surface area contributed by atoms with Gasteiger partial charge in [-0.1, -0.05) is 25.0 Å². The highest BCUT2D eigenvalue weighted by Gasteiger charge is 2.34. The summed E-state index contributed by atoms with van der Waals surface area (Å²) in [7, 11) is 1.72. The van der Waals surface area contributed by atoms with E-state index in [4.69, 9.17) is 4.74 Å². The molecule has 1 aromatic rings. The number of ether oxygens (including phenoxy) is 1. The lowest BCUT2D eigenvalue weighted by Crippen LogP contribution is -2.51. The highest BCUT2D eigenvalue weighted by molar-refractivity contribution is 5.32. The lowest BCUT2D eigenvalue weighted by molar-refractivity contribution is 0.0750. The average Bonchev–Trinajstić information content (AvgIpc) is 2.44. The Hall–Kier alpha value is -1.06. The zero-order valence-corrected chi connectivity index (χ0v) is 12.2. The number of rotatable bonds is 4. The highest BCUT2D eigenvalue weighted by atomic mass is 16.5. The van der Waals surface area contributed by atoms with Crippen LogP contribution in [0, 0.1) is 0 Å². The van der Waals surface area contributed by atoms with Gasteiger partial charge in [0.1, 0.15) is 5.75 Å². The first kappa shape index (κ1) is 13.9. The first-order chi connectivity index (χ1) is 9.76. The molecule has 0 spiro atoms. The summed E-state index contributed by atoms with van der Waals surface area (Å²) < 4.78 is 5.29. The van der Waals surface area contributed by atoms with Crippen molar-refractivity contribution in [2.45, 2.75) is 62.6 Å². The summed E-state index contributed by atoms with van der Waals surface area (Å²) in [5.41, 5.74) is 1.38. The van der Waals surface area contributed by atoms with Gasteiger partial charge in [0.05, 0.1) is 13.2 Å². The van der Waals surface area contributed by atoms with Gasteiger partial charge in [0, 0.05) is 12.1 Å². The van der Waals surface area contributed by atoms with E-state index >= 15 is 0 Å². The van der Waals surface area contributed by atoms with Crippen molar-refractivity contribution in [1.29, 1.82) is 0 Å². The first-order valence-electron chi connectivity index (χ1n) is 7.84. The number of nitrogens with one attached hydrogen (secondary N) is 1. The molecule has 0 saturated heterocycles. The fourth-order valence-electron chi connectivity index (χ4n) is 3.53. The van der Waals surface area contributed by atoms with Gasteiger partial charge in [-0.3, -0.25) is 0 Å². The Labute approximate surface area is 121 Å². The van der Waals surface area contributed by atoms with Crippen LogP contribution < -0.4 is 10.1 Å². The van der Waals surface area contributed by atoms with E-state index < -0.39 is 0 Å². The van der Waals surface area contributed by atoms with Gasteiger partial charge in [0.25, 0.3) is 0 Å². The van der Waals surface area contributed by atoms with Crippen LogP contribution in [0.5, 0.6) is 5.75 Å². The van der Waals surface area contributed by atoms with Crippen LogP contribution in [0.1, 0.15) is 50.0 Å². The highest BCUT2D eigenvalue weighted by Crippen LogP contribution is 2.38. The quantitative estimate of drug-likeness (QED) is 0.888. The third-order valence-corrected chi connectivity index (χ3v) is 4.88. The Morgan fingerprint density at radius 1 is 1.20 bits per heavy atom. The van der Waals surface area contributed by atoms with E-state index in [1.165, 1.54) is 31.2 Å². The maximum absolute atomic E-state index is 10.0. The van der Waals surface area contributed by atoms with E-state index in [-0.39, 0.29) is 6.10 Å². The van der Waals surface area contributed by atoms with Crippen LogP contribution in [0.15, 0.2) is 24.3 Å². The van der Waals surface area contributed by atoms with Gasteiger partial charge in [0.15, 0.2) is 0 Å². The second-order valence-electron chi connectivity index (χ2n) is 6.27. The van der Waals surface area contributed by atoms with E-state index in [0.29, 0.717) is 18.0 Å².